The first-order valence-corrected chi connectivity index (χ1v) is 6.39. The van der Waals surface area contributed by atoms with Gasteiger partial charge in [-0.2, -0.15) is 5.10 Å². The van der Waals surface area contributed by atoms with E-state index in [1.54, 1.807) is 10.9 Å². The number of nitrogens with zero attached hydrogens (tertiary/aromatic N) is 2. The third kappa shape index (κ3) is 3.58. The maximum Gasteiger partial charge on any atom is 0.227 e. The van der Waals surface area contributed by atoms with E-state index in [0.717, 1.165) is 37.1 Å². The number of carbonyl (C=O) groups excluding carboxylic acids is 1. The van der Waals surface area contributed by atoms with Crippen LogP contribution in [-0.4, -0.2) is 15.7 Å². The number of carbonyl (C=O) groups is 1. The van der Waals surface area contributed by atoms with Crippen molar-refractivity contribution in [3.8, 4) is 0 Å². The van der Waals surface area contributed by atoms with E-state index in [2.05, 4.69) is 24.3 Å². The van der Waals surface area contributed by atoms with E-state index in [0.29, 0.717) is 0 Å². The summed E-state index contributed by atoms with van der Waals surface area (Å²) in [6.45, 7) is 6.19. The van der Waals surface area contributed by atoms with E-state index in [-0.39, 0.29) is 11.8 Å². The first-order valence-electron chi connectivity index (χ1n) is 6.39. The molecule has 0 fully saturated rings. The molecule has 1 aromatic heterocycles. The summed E-state index contributed by atoms with van der Waals surface area (Å²) in [5, 5.41) is 7.10. The van der Waals surface area contributed by atoms with Gasteiger partial charge in [-0.15, -0.1) is 0 Å². The lowest BCUT2D eigenvalue weighted by atomic mass is 9.97. The summed E-state index contributed by atoms with van der Waals surface area (Å²) in [4.78, 5) is 12.1. The summed E-state index contributed by atoms with van der Waals surface area (Å²) < 4.78 is 1.77. The fourth-order valence-electron chi connectivity index (χ4n) is 1.96. The Balaban J connectivity index is 2.66. The molecule has 96 valence electrons. The van der Waals surface area contributed by atoms with Crippen LogP contribution in [0.2, 0.25) is 0 Å². The Hall–Kier alpha value is -1.32. The molecule has 0 aliphatic carbocycles. The predicted octanol–water partition coefficient (Wildman–Crippen LogP) is 2.88. The number of hydrogen-bond acceptors (Lipinski definition) is 2. The molecule has 0 aliphatic heterocycles. The highest BCUT2D eigenvalue weighted by Gasteiger charge is 2.18. The zero-order valence-corrected chi connectivity index (χ0v) is 11.3. The largest absolute Gasteiger partial charge is 0.323 e. The Morgan fingerprint density at radius 3 is 2.41 bits per heavy atom. The number of anilines is 1. The van der Waals surface area contributed by atoms with Gasteiger partial charge in [0, 0.05) is 13.0 Å². The average Bonchev–Trinajstić information content (AvgIpc) is 2.61. The minimum Gasteiger partial charge on any atom is -0.323 e. The molecule has 0 unspecified atom stereocenters. The summed E-state index contributed by atoms with van der Waals surface area (Å²) in [6, 6.07) is 0. The second-order valence-corrected chi connectivity index (χ2v) is 4.53. The van der Waals surface area contributed by atoms with Crippen LogP contribution in [0.3, 0.4) is 0 Å². The number of hydrogen-bond donors (Lipinski definition) is 1. The van der Waals surface area contributed by atoms with Crippen LogP contribution in [0.25, 0.3) is 0 Å². The molecule has 1 N–H and O–H groups in total. The minimum absolute atomic E-state index is 0.129. The molecule has 0 aromatic carbocycles. The standard InChI is InChI=1S/C13H23N3O/c1-5-7-11(8-6-2)13(17)15-12-9-14-16(4)10(12)3/h9,11H,5-8H2,1-4H3,(H,15,17). The van der Waals surface area contributed by atoms with Gasteiger partial charge in [-0.05, 0) is 19.8 Å². The fraction of sp³-hybridized carbons (Fsp3) is 0.692. The minimum atomic E-state index is 0.129. The van der Waals surface area contributed by atoms with Gasteiger partial charge >= 0.3 is 0 Å². The van der Waals surface area contributed by atoms with E-state index in [1.165, 1.54) is 0 Å². The third-order valence-electron chi connectivity index (χ3n) is 3.14. The van der Waals surface area contributed by atoms with Gasteiger partial charge in [-0.25, -0.2) is 0 Å². The van der Waals surface area contributed by atoms with Crippen LogP contribution in [0.4, 0.5) is 5.69 Å². The quantitative estimate of drug-likeness (QED) is 0.827. The molecule has 0 aliphatic rings. The molecule has 0 bridgehead atoms. The van der Waals surface area contributed by atoms with E-state index in [4.69, 9.17) is 0 Å². The van der Waals surface area contributed by atoms with Crippen LogP contribution >= 0.6 is 0 Å². The number of rotatable bonds is 6. The van der Waals surface area contributed by atoms with Crippen molar-refractivity contribution in [2.75, 3.05) is 5.32 Å². The van der Waals surface area contributed by atoms with Crippen molar-refractivity contribution >= 4 is 11.6 Å². The van der Waals surface area contributed by atoms with Crippen molar-refractivity contribution < 1.29 is 4.79 Å². The van der Waals surface area contributed by atoms with Gasteiger partial charge in [0.15, 0.2) is 0 Å². The summed E-state index contributed by atoms with van der Waals surface area (Å²) in [7, 11) is 1.88. The van der Waals surface area contributed by atoms with Crippen molar-refractivity contribution in [3.05, 3.63) is 11.9 Å². The molecule has 1 heterocycles. The molecular formula is C13H23N3O. The second-order valence-electron chi connectivity index (χ2n) is 4.53. The Labute approximate surface area is 103 Å². The Bertz CT molecular complexity index is 365. The first-order chi connectivity index (χ1) is 8.10. The molecule has 0 spiro atoms. The Morgan fingerprint density at radius 1 is 1.41 bits per heavy atom. The number of amides is 1. The molecule has 1 amide bonds. The molecule has 1 rings (SSSR count). The Morgan fingerprint density at radius 2 is 2.00 bits per heavy atom. The van der Waals surface area contributed by atoms with Crippen molar-refractivity contribution in [2.24, 2.45) is 13.0 Å². The van der Waals surface area contributed by atoms with Crippen LogP contribution in [0.5, 0.6) is 0 Å². The molecular weight excluding hydrogens is 214 g/mol. The van der Waals surface area contributed by atoms with E-state index >= 15 is 0 Å². The molecule has 0 atom stereocenters. The van der Waals surface area contributed by atoms with E-state index in [9.17, 15) is 4.79 Å². The third-order valence-corrected chi connectivity index (χ3v) is 3.14. The highest BCUT2D eigenvalue weighted by molar-refractivity contribution is 5.92. The average molecular weight is 237 g/mol. The van der Waals surface area contributed by atoms with Crippen LogP contribution in [0, 0.1) is 12.8 Å². The van der Waals surface area contributed by atoms with Crippen LogP contribution in [-0.2, 0) is 11.8 Å². The van der Waals surface area contributed by atoms with Gasteiger partial charge in [0.1, 0.15) is 0 Å². The normalized spacial score (nSPS) is 10.9. The molecule has 0 saturated heterocycles. The SMILES string of the molecule is CCCC(CCC)C(=O)Nc1cnn(C)c1C. The van der Waals surface area contributed by atoms with Crippen molar-refractivity contribution in [1.29, 1.82) is 0 Å². The number of aromatic nitrogens is 2. The van der Waals surface area contributed by atoms with Crippen molar-refractivity contribution in [3.63, 3.8) is 0 Å². The molecule has 4 nitrogen and oxygen atoms in total. The van der Waals surface area contributed by atoms with Gasteiger partial charge in [0.2, 0.25) is 5.91 Å². The maximum atomic E-state index is 12.1. The maximum absolute atomic E-state index is 12.1. The first kappa shape index (κ1) is 13.7. The van der Waals surface area contributed by atoms with Crippen molar-refractivity contribution in [2.45, 2.75) is 46.5 Å². The summed E-state index contributed by atoms with van der Waals surface area (Å²) in [5.74, 6) is 0.259. The molecule has 4 heteroatoms. The summed E-state index contributed by atoms with van der Waals surface area (Å²) >= 11 is 0. The van der Waals surface area contributed by atoms with E-state index in [1.807, 2.05) is 14.0 Å². The lowest BCUT2D eigenvalue weighted by Crippen LogP contribution is -2.23. The Kier molecular flexibility index (Phi) is 5.19. The zero-order valence-electron chi connectivity index (χ0n) is 11.3. The van der Waals surface area contributed by atoms with Crippen LogP contribution in [0.1, 0.15) is 45.2 Å². The number of aryl methyl sites for hydroxylation is 1. The van der Waals surface area contributed by atoms with E-state index < -0.39 is 0 Å². The predicted molar refractivity (Wildman–Crippen MR) is 69.9 cm³/mol. The smallest absolute Gasteiger partial charge is 0.227 e. The van der Waals surface area contributed by atoms with Crippen LogP contribution < -0.4 is 5.32 Å². The van der Waals surface area contributed by atoms with Gasteiger partial charge < -0.3 is 5.32 Å². The monoisotopic (exact) mass is 237 g/mol. The van der Waals surface area contributed by atoms with Gasteiger partial charge in [-0.3, -0.25) is 9.48 Å². The topological polar surface area (TPSA) is 46.9 Å². The molecule has 17 heavy (non-hydrogen) atoms. The molecule has 0 radical (unpaired) electrons. The van der Waals surface area contributed by atoms with Crippen LogP contribution in [0.15, 0.2) is 6.20 Å². The van der Waals surface area contributed by atoms with Gasteiger partial charge in [0.25, 0.3) is 0 Å². The van der Waals surface area contributed by atoms with Gasteiger partial charge in [0.05, 0.1) is 17.6 Å². The molecule has 1 aromatic rings. The van der Waals surface area contributed by atoms with Gasteiger partial charge in [-0.1, -0.05) is 26.7 Å². The highest BCUT2D eigenvalue weighted by atomic mass is 16.1. The zero-order chi connectivity index (χ0) is 12.8. The summed E-state index contributed by atoms with van der Waals surface area (Å²) in [6.07, 6.45) is 5.72. The highest BCUT2D eigenvalue weighted by Crippen LogP contribution is 2.18. The molecule has 0 saturated carbocycles. The van der Waals surface area contributed by atoms with Crippen molar-refractivity contribution in [1.82, 2.24) is 9.78 Å². The second kappa shape index (κ2) is 6.42. The number of nitrogens with one attached hydrogen (secondary N) is 1. The summed E-state index contributed by atoms with van der Waals surface area (Å²) in [5.41, 5.74) is 1.82. The lowest BCUT2D eigenvalue weighted by molar-refractivity contribution is -0.120. The fourth-order valence-corrected chi connectivity index (χ4v) is 1.96. The lowest BCUT2D eigenvalue weighted by Gasteiger charge is -2.14.